The van der Waals surface area contributed by atoms with Gasteiger partial charge >= 0.3 is 6.03 Å². The summed E-state index contributed by atoms with van der Waals surface area (Å²) in [7, 11) is 0. The predicted molar refractivity (Wildman–Crippen MR) is 75.0 cm³/mol. The van der Waals surface area contributed by atoms with Crippen LogP contribution >= 0.6 is 0 Å². The molecular weight excluding hydrogens is 270 g/mol. The molecule has 2 rings (SSSR count). The van der Waals surface area contributed by atoms with Crippen LogP contribution in [0.1, 0.15) is 37.5 Å². The second-order valence-corrected chi connectivity index (χ2v) is 5.61. The number of urea groups is 1. The lowest BCUT2D eigenvalue weighted by molar-refractivity contribution is -0.129. The Morgan fingerprint density at radius 2 is 1.90 bits per heavy atom. The van der Waals surface area contributed by atoms with Crippen molar-refractivity contribution in [3.8, 4) is 6.07 Å². The van der Waals surface area contributed by atoms with Gasteiger partial charge in [-0.15, -0.1) is 0 Å². The number of hydrogen-bond acceptors (Lipinski definition) is 4. The molecule has 1 aromatic rings. The fourth-order valence-electron chi connectivity index (χ4n) is 2.62. The highest BCUT2D eigenvalue weighted by Gasteiger charge is 2.52. The molecule has 3 amide bonds. The fraction of sp³-hybridized carbons (Fsp3) is 0.400. The SMILES string of the molecule is CC(C)CC1(C(O)c2ccc(C#N)cc2)NC(=O)NC1=O. The maximum atomic E-state index is 12.2. The minimum absolute atomic E-state index is 0.0992. The van der Waals surface area contributed by atoms with Gasteiger partial charge in [0.2, 0.25) is 0 Å². The molecule has 21 heavy (non-hydrogen) atoms. The second-order valence-electron chi connectivity index (χ2n) is 5.61. The number of nitrogens with one attached hydrogen (secondary N) is 2. The van der Waals surface area contributed by atoms with Crippen LogP contribution in [0.4, 0.5) is 4.79 Å². The van der Waals surface area contributed by atoms with Crippen molar-refractivity contribution >= 4 is 11.9 Å². The standard InChI is InChI=1S/C15H17N3O3/c1-9(2)7-15(13(20)17-14(21)18-15)12(19)11-5-3-10(8-16)4-6-11/h3-6,9,12,19H,7H2,1-2H3,(H2,17,18,20,21). The third-order valence-electron chi connectivity index (χ3n) is 3.52. The zero-order valence-electron chi connectivity index (χ0n) is 11.9. The van der Waals surface area contributed by atoms with Crippen molar-refractivity contribution in [2.75, 3.05) is 0 Å². The summed E-state index contributed by atoms with van der Waals surface area (Å²) in [6, 6.07) is 7.69. The van der Waals surface area contributed by atoms with Gasteiger partial charge in [0, 0.05) is 0 Å². The quantitative estimate of drug-likeness (QED) is 0.724. The van der Waals surface area contributed by atoms with E-state index in [-0.39, 0.29) is 5.92 Å². The van der Waals surface area contributed by atoms with E-state index in [2.05, 4.69) is 10.6 Å². The van der Waals surface area contributed by atoms with Gasteiger partial charge in [0.1, 0.15) is 6.10 Å². The van der Waals surface area contributed by atoms with Gasteiger partial charge in [-0.2, -0.15) is 5.26 Å². The molecular formula is C15H17N3O3. The van der Waals surface area contributed by atoms with Gasteiger partial charge in [0.25, 0.3) is 5.91 Å². The summed E-state index contributed by atoms with van der Waals surface area (Å²) in [5.74, 6) is -0.430. The Balaban J connectivity index is 2.38. The molecule has 6 heteroatoms. The molecule has 0 saturated carbocycles. The monoisotopic (exact) mass is 287 g/mol. The Kier molecular flexibility index (Phi) is 3.96. The smallest absolute Gasteiger partial charge is 0.322 e. The van der Waals surface area contributed by atoms with Crippen LogP contribution in [-0.4, -0.2) is 22.6 Å². The van der Waals surface area contributed by atoms with E-state index in [1.807, 2.05) is 19.9 Å². The van der Waals surface area contributed by atoms with Crippen molar-refractivity contribution in [1.29, 1.82) is 5.26 Å². The van der Waals surface area contributed by atoms with Crippen LogP contribution in [-0.2, 0) is 4.79 Å². The molecule has 1 aliphatic heterocycles. The average molecular weight is 287 g/mol. The van der Waals surface area contributed by atoms with E-state index in [4.69, 9.17) is 5.26 Å². The summed E-state index contributed by atoms with van der Waals surface area (Å²) in [4.78, 5) is 23.7. The minimum atomic E-state index is -1.38. The number of carbonyl (C=O) groups excluding carboxylic acids is 2. The summed E-state index contributed by atoms with van der Waals surface area (Å²) in [5.41, 5.74) is -0.435. The lowest BCUT2D eigenvalue weighted by Crippen LogP contribution is -2.52. The van der Waals surface area contributed by atoms with Gasteiger partial charge in [-0.1, -0.05) is 26.0 Å². The highest BCUT2D eigenvalue weighted by atomic mass is 16.3. The second kappa shape index (κ2) is 5.54. The molecule has 1 aromatic carbocycles. The number of hydrogen-bond donors (Lipinski definition) is 3. The number of rotatable bonds is 4. The largest absolute Gasteiger partial charge is 0.385 e. The van der Waals surface area contributed by atoms with E-state index in [0.717, 1.165) is 0 Å². The van der Waals surface area contributed by atoms with Gasteiger partial charge < -0.3 is 10.4 Å². The van der Waals surface area contributed by atoms with E-state index >= 15 is 0 Å². The van der Waals surface area contributed by atoms with Gasteiger partial charge in [0.05, 0.1) is 11.6 Å². The van der Waals surface area contributed by atoms with E-state index in [0.29, 0.717) is 17.5 Å². The average Bonchev–Trinajstić information content (AvgIpc) is 2.72. The highest BCUT2D eigenvalue weighted by Crippen LogP contribution is 2.34. The number of benzene rings is 1. The van der Waals surface area contributed by atoms with E-state index in [9.17, 15) is 14.7 Å². The lowest BCUT2D eigenvalue weighted by Gasteiger charge is -2.33. The van der Waals surface area contributed by atoms with E-state index in [1.54, 1.807) is 24.3 Å². The first-order chi connectivity index (χ1) is 9.89. The Morgan fingerprint density at radius 1 is 1.29 bits per heavy atom. The molecule has 110 valence electrons. The van der Waals surface area contributed by atoms with Crippen LogP contribution in [0, 0.1) is 17.2 Å². The summed E-state index contributed by atoms with van der Waals surface area (Å²) in [5, 5.41) is 24.2. The maximum absolute atomic E-state index is 12.2. The van der Waals surface area contributed by atoms with Gasteiger partial charge in [-0.05, 0) is 30.0 Å². The molecule has 0 aliphatic carbocycles. The first-order valence-corrected chi connectivity index (χ1v) is 6.71. The molecule has 1 heterocycles. The van der Waals surface area contributed by atoms with Crippen molar-refractivity contribution in [3.63, 3.8) is 0 Å². The molecule has 1 fully saturated rings. The van der Waals surface area contributed by atoms with Crippen LogP contribution in [0.2, 0.25) is 0 Å². The normalized spacial score (nSPS) is 22.6. The number of amides is 3. The molecule has 1 aliphatic rings. The lowest BCUT2D eigenvalue weighted by atomic mass is 9.80. The predicted octanol–water partition coefficient (Wildman–Crippen LogP) is 1.22. The molecule has 0 bridgehead atoms. The minimum Gasteiger partial charge on any atom is -0.385 e. The maximum Gasteiger partial charge on any atom is 0.322 e. The number of aliphatic hydroxyl groups excluding tert-OH is 1. The van der Waals surface area contributed by atoms with Crippen molar-refractivity contribution in [2.45, 2.75) is 31.9 Å². The van der Waals surface area contributed by atoms with Gasteiger partial charge in [-0.3, -0.25) is 10.1 Å². The molecule has 2 unspecified atom stereocenters. The molecule has 0 aromatic heterocycles. The van der Waals surface area contributed by atoms with Gasteiger partial charge in [-0.25, -0.2) is 4.79 Å². The number of aliphatic hydroxyl groups is 1. The summed E-state index contributed by atoms with van der Waals surface area (Å²) >= 11 is 0. The van der Waals surface area contributed by atoms with Crippen molar-refractivity contribution in [2.24, 2.45) is 5.92 Å². The molecule has 0 radical (unpaired) electrons. The molecule has 3 N–H and O–H groups in total. The van der Waals surface area contributed by atoms with E-state index < -0.39 is 23.6 Å². The first kappa shape index (κ1) is 15.0. The van der Waals surface area contributed by atoms with Crippen LogP contribution < -0.4 is 10.6 Å². The summed E-state index contributed by atoms with van der Waals surface area (Å²) in [6.45, 7) is 3.82. The Labute approximate surface area is 122 Å². The Bertz CT molecular complexity index is 604. The van der Waals surface area contributed by atoms with Crippen LogP contribution in [0.5, 0.6) is 0 Å². The third kappa shape index (κ3) is 2.73. The van der Waals surface area contributed by atoms with Crippen molar-refractivity contribution < 1.29 is 14.7 Å². The number of carbonyl (C=O) groups is 2. The van der Waals surface area contributed by atoms with Crippen LogP contribution in [0.3, 0.4) is 0 Å². The Hall–Kier alpha value is -2.39. The zero-order valence-corrected chi connectivity index (χ0v) is 11.9. The molecule has 1 saturated heterocycles. The highest BCUT2D eigenvalue weighted by molar-refractivity contribution is 6.07. The van der Waals surface area contributed by atoms with Crippen LogP contribution in [0.15, 0.2) is 24.3 Å². The Morgan fingerprint density at radius 3 is 2.33 bits per heavy atom. The van der Waals surface area contributed by atoms with Crippen molar-refractivity contribution in [3.05, 3.63) is 35.4 Å². The molecule has 6 nitrogen and oxygen atoms in total. The number of imide groups is 1. The third-order valence-corrected chi connectivity index (χ3v) is 3.52. The molecule has 0 spiro atoms. The first-order valence-electron chi connectivity index (χ1n) is 6.71. The molecule has 2 atom stereocenters. The topological polar surface area (TPSA) is 102 Å². The van der Waals surface area contributed by atoms with Crippen LogP contribution in [0.25, 0.3) is 0 Å². The number of nitrogens with zero attached hydrogens (tertiary/aromatic N) is 1. The van der Waals surface area contributed by atoms with Crippen molar-refractivity contribution in [1.82, 2.24) is 10.6 Å². The summed E-state index contributed by atoms with van der Waals surface area (Å²) in [6.07, 6.45) is -0.870. The number of nitriles is 1. The van der Waals surface area contributed by atoms with E-state index in [1.165, 1.54) is 0 Å². The summed E-state index contributed by atoms with van der Waals surface area (Å²) < 4.78 is 0. The zero-order chi connectivity index (χ0) is 15.6. The van der Waals surface area contributed by atoms with Gasteiger partial charge in [0.15, 0.2) is 5.54 Å². The fourth-order valence-corrected chi connectivity index (χ4v) is 2.62.